The maximum Gasteiger partial charge on any atom is 0.250 e. The Morgan fingerprint density at radius 3 is 2.53 bits per heavy atom. The summed E-state index contributed by atoms with van der Waals surface area (Å²) in [6, 6.07) is 13.2. The number of methoxy groups -OCH3 is 1. The SMILES string of the molecule is CCOc1ccc(-c2csc(NC(=O)C=Cc3ccc(OCC)c(OC)c3)n2)cc1. The zero-order chi connectivity index (χ0) is 21.3. The zero-order valence-corrected chi connectivity index (χ0v) is 18.0. The van der Waals surface area contributed by atoms with Crippen LogP contribution in [-0.4, -0.2) is 31.2 Å². The molecule has 0 atom stereocenters. The summed E-state index contributed by atoms with van der Waals surface area (Å²) >= 11 is 1.38. The number of hydrogen-bond acceptors (Lipinski definition) is 6. The molecule has 0 spiro atoms. The van der Waals surface area contributed by atoms with Crippen molar-refractivity contribution in [2.24, 2.45) is 0 Å². The molecule has 30 heavy (non-hydrogen) atoms. The van der Waals surface area contributed by atoms with Gasteiger partial charge in [0.1, 0.15) is 5.75 Å². The smallest absolute Gasteiger partial charge is 0.250 e. The number of carbonyl (C=O) groups is 1. The molecule has 1 N–H and O–H groups in total. The van der Waals surface area contributed by atoms with Crippen LogP contribution in [0.5, 0.6) is 17.2 Å². The number of nitrogens with zero attached hydrogens (tertiary/aromatic N) is 1. The second kappa shape index (κ2) is 10.5. The van der Waals surface area contributed by atoms with Gasteiger partial charge >= 0.3 is 0 Å². The predicted molar refractivity (Wildman–Crippen MR) is 121 cm³/mol. The van der Waals surface area contributed by atoms with Crippen LogP contribution in [0, 0.1) is 0 Å². The van der Waals surface area contributed by atoms with Gasteiger partial charge in [-0.15, -0.1) is 11.3 Å². The number of rotatable bonds is 9. The Morgan fingerprint density at radius 2 is 1.83 bits per heavy atom. The topological polar surface area (TPSA) is 69.7 Å². The van der Waals surface area contributed by atoms with Gasteiger partial charge in [-0.05, 0) is 61.9 Å². The standard InChI is InChI=1S/C23H24N2O4S/c1-4-28-18-10-8-17(9-11-18)19-15-30-23(24-19)25-22(26)13-7-16-6-12-20(29-5-2)21(14-16)27-3/h6-15H,4-5H2,1-3H3,(H,24,25,26). The Morgan fingerprint density at radius 1 is 1.07 bits per heavy atom. The van der Waals surface area contributed by atoms with E-state index in [0.717, 1.165) is 22.6 Å². The molecule has 0 aliphatic heterocycles. The molecule has 0 radical (unpaired) electrons. The van der Waals surface area contributed by atoms with Crippen molar-refractivity contribution in [3.05, 3.63) is 59.5 Å². The van der Waals surface area contributed by atoms with Crippen LogP contribution in [0.3, 0.4) is 0 Å². The van der Waals surface area contributed by atoms with E-state index in [1.54, 1.807) is 13.2 Å². The first-order chi connectivity index (χ1) is 14.6. The number of hydrogen-bond donors (Lipinski definition) is 1. The summed E-state index contributed by atoms with van der Waals surface area (Å²) in [6.45, 7) is 5.05. The average molecular weight is 425 g/mol. The number of benzene rings is 2. The van der Waals surface area contributed by atoms with Crippen molar-refractivity contribution in [3.63, 3.8) is 0 Å². The molecule has 0 bridgehead atoms. The molecule has 0 fully saturated rings. The lowest BCUT2D eigenvalue weighted by Crippen LogP contribution is -2.07. The van der Waals surface area contributed by atoms with E-state index in [2.05, 4.69) is 10.3 Å². The predicted octanol–water partition coefficient (Wildman–Crippen LogP) is 5.27. The molecule has 1 heterocycles. The number of nitrogens with one attached hydrogen (secondary N) is 1. The summed E-state index contributed by atoms with van der Waals surface area (Å²) in [5.74, 6) is 1.86. The molecule has 0 saturated heterocycles. The van der Waals surface area contributed by atoms with Crippen molar-refractivity contribution >= 4 is 28.5 Å². The molecule has 3 aromatic rings. The minimum absolute atomic E-state index is 0.254. The first-order valence-electron chi connectivity index (χ1n) is 9.61. The van der Waals surface area contributed by atoms with E-state index < -0.39 is 0 Å². The molecule has 3 rings (SSSR count). The highest BCUT2D eigenvalue weighted by Gasteiger charge is 2.08. The fraction of sp³-hybridized carbons (Fsp3) is 0.217. The van der Waals surface area contributed by atoms with Gasteiger partial charge in [-0.2, -0.15) is 0 Å². The van der Waals surface area contributed by atoms with Crippen LogP contribution in [0.25, 0.3) is 17.3 Å². The summed E-state index contributed by atoms with van der Waals surface area (Å²) in [5.41, 5.74) is 2.60. The van der Waals surface area contributed by atoms with Crippen molar-refractivity contribution in [3.8, 4) is 28.5 Å². The van der Waals surface area contributed by atoms with Crippen LogP contribution in [0.2, 0.25) is 0 Å². The first kappa shape index (κ1) is 21.4. The van der Waals surface area contributed by atoms with E-state index in [-0.39, 0.29) is 5.91 Å². The lowest BCUT2D eigenvalue weighted by Gasteiger charge is -2.09. The van der Waals surface area contributed by atoms with Crippen molar-refractivity contribution in [1.82, 2.24) is 4.98 Å². The van der Waals surface area contributed by atoms with Crippen LogP contribution >= 0.6 is 11.3 Å². The minimum Gasteiger partial charge on any atom is -0.494 e. The van der Waals surface area contributed by atoms with Gasteiger partial charge < -0.3 is 14.2 Å². The van der Waals surface area contributed by atoms with Crippen LogP contribution in [0.4, 0.5) is 5.13 Å². The molecule has 1 amide bonds. The fourth-order valence-corrected chi connectivity index (χ4v) is 3.46. The average Bonchev–Trinajstić information content (AvgIpc) is 3.22. The zero-order valence-electron chi connectivity index (χ0n) is 17.2. The van der Waals surface area contributed by atoms with Gasteiger partial charge in [0.15, 0.2) is 16.6 Å². The van der Waals surface area contributed by atoms with Gasteiger partial charge in [-0.1, -0.05) is 6.07 Å². The van der Waals surface area contributed by atoms with Gasteiger partial charge in [0.25, 0.3) is 0 Å². The fourth-order valence-electron chi connectivity index (χ4n) is 2.73. The lowest BCUT2D eigenvalue weighted by atomic mass is 10.2. The number of ether oxygens (including phenoxy) is 3. The third kappa shape index (κ3) is 5.61. The Bertz CT molecular complexity index is 1010. The summed E-state index contributed by atoms with van der Waals surface area (Å²) < 4.78 is 16.3. The molecule has 6 nitrogen and oxygen atoms in total. The normalized spacial score (nSPS) is 10.8. The summed E-state index contributed by atoms with van der Waals surface area (Å²) in [7, 11) is 1.59. The Hall–Kier alpha value is -3.32. The van der Waals surface area contributed by atoms with E-state index in [9.17, 15) is 4.79 Å². The molecule has 7 heteroatoms. The molecule has 156 valence electrons. The second-order valence-electron chi connectivity index (χ2n) is 6.16. The van der Waals surface area contributed by atoms with Crippen molar-refractivity contribution < 1.29 is 19.0 Å². The van der Waals surface area contributed by atoms with E-state index in [0.29, 0.717) is 29.8 Å². The maximum atomic E-state index is 12.3. The van der Waals surface area contributed by atoms with Crippen LogP contribution < -0.4 is 19.5 Å². The molecule has 0 aliphatic carbocycles. The van der Waals surface area contributed by atoms with Crippen molar-refractivity contribution in [1.29, 1.82) is 0 Å². The van der Waals surface area contributed by atoms with Gasteiger partial charge in [-0.25, -0.2) is 4.98 Å². The lowest BCUT2D eigenvalue weighted by molar-refractivity contribution is -0.111. The molecule has 0 unspecified atom stereocenters. The molecule has 1 aromatic heterocycles. The van der Waals surface area contributed by atoms with Crippen molar-refractivity contribution in [2.75, 3.05) is 25.6 Å². The van der Waals surface area contributed by atoms with Crippen molar-refractivity contribution in [2.45, 2.75) is 13.8 Å². The number of carbonyl (C=O) groups excluding carboxylic acids is 1. The quantitative estimate of drug-likeness (QED) is 0.474. The molecular formula is C23H24N2O4S. The van der Waals surface area contributed by atoms with E-state index in [1.165, 1.54) is 17.4 Å². The Balaban J connectivity index is 1.62. The van der Waals surface area contributed by atoms with Crippen LogP contribution in [0.1, 0.15) is 19.4 Å². The molecule has 0 saturated carbocycles. The van der Waals surface area contributed by atoms with Gasteiger partial charge in [0.05, 0.1) is 26.0 Å². The first-order valence-corrected chi connectivity index (χ1v) is 10.5. The Kier molecular flexibility index (Phi) is 7.45. The molecular weight excluding hydrogens is 400 g/mol. The summed E-state index contributed by atoms with van der Waals surface area (Å²) in [6.07, 6.45) is 3.18. The van der Waals surface area contributed by atoms with Gasteiger partial charge in [0, 0.05) is 17.0 Å². The highest BCUT2D eigenvalue weighted by Crippen LogP contribution is 2.29. The molecule has 0 aliphatic rings. The third-order valence-corrected chi connectivity index (χ3v) is 4.87. The third-order valence-electron chi connectivity index (χ3n) is 4.11. The second-order valence-corrected chi connectivity index (χ2v) is 7.02. The monoisotopic (exact) mass is 424 g/mol. The maximum absolute atomic E-state index is 12.3. The Labute approximate surface area is 180 Å². The van der Waals surface area contributed by atoms with E-state index >= 15 is 0 Å². The van der Waals surface area contributed by atoms with E-state index in [4.69, 9.17) is 14.2 Å². The van der Waals surface area contributed by atoms with Gasteiger partial charge in [-0.3, -0.25) is 10.1 Å². The largest absolute Gasteiger partial charge is 0.494 e. The summed E-state index contributed by atoms with van der Waals surface area (Å²) in [5, 5.41) is 5.24. The van der Waals surface area contributed by atoms with Crippen LogP contribution in [-0.2, 0) is 4.79 Å². The summed E-state index contributed by atoms with van der Waals surface area (Å²) in [4.78, 5) is 16.8. The number of aromatic nitrogens is 1. The van der Waals surface area contributed by atoms with Crippen LogP contribution in [0.15, 0.2) is 53.9 Å². The highest BCUT2D eigenvalue weighted by molar-refractivity contribution is 7.14. The number of thiazole rings is 1. The highest BCUT2D eigenvalue weighted by atomic mass is 32.1. The minimum atomic E-state index is -0.254. The van der Waals surface area contributed by atoms with Gasteiger partial charge in [0.2, 0.25) is 5.91 Å². The molecule has 2 aromatic carbocycles. The van der Waals surface area contributed by atoms with E-state index in [1.807, 2.05) is 61.7 Å². The number of anilines is 1. The number of amides is 1.